The van der Waals surface area contributed by atoms with Gasteiger partial charge in [0.25, 0.3) is 0 Å². The van der Waals surface area contributed by atoms with Crippen LogP contribution in [0.4, 0.5) is 34.1 Å². The Morgan fingerprint density at radius 2 is 0.500 bits per heavy atom. The lowest BCUT2D eigenvalue weighted by atomic mass is 10.0. The molecule has 376 valence electrons. The first kappa shape index (κ1) is 45.4. The van der Waals surface area contributed by atoms with Gasteiger partial charge in [0.2, 0.25) is 0 Å². The number of hydrogen-bond donors (Lipinski definition) is 0. The number of nitrogens with zero attached hydrogens (tertiary/aromatic N) is 2. The average molecular weight is 1030 g/mol. The summed E-state index contributed by atoms with van der Waals surface area (Å²) in [6.45, 7) is 0. The molecule has 0 aliphatic carbocycles. The van der Waals surface area contributed by atoms with Gasteiger partial charge < -0.3 is 27.5 Å². The molecule has 0 amide bonds. The third-order valence-corrected chi connectivity index (χ3v) is 15.5. The molecular formula is C74H46N2O4. The van der Waals surface area contributed by atoms with Crippen LogP contribution in [0, 0.1) is 0 Å². The Morgan fingerprint density at radius 3 is 0.950 bits per heavy atom. The minimum absolute atomic E-state index is 0.827. The summed E-state index contributed by atoms with van der Waals surface area (Å²) in [6.07, 6.45) is 0. The Kier molecular flexibility index (Phi) is 10.5. The summed E-state index contributed by atoms with van der Waals surface area (Å²) in [7, 11) is 0. The molecule has 0 aliphatic rings. The fourth-order valence-electron chi connectivity index (χ4n) is 11.5. The summed E-state index contributed by atoms with van der Waals surface area (Å²) in [6, 6.07) is 98.1. The summed E-state index contributed by atoms with van der Waals surface area (Å²) >= 11 is 0. The average Bonchev–Trinajstić information content (AvgIpc) is 4.35. The van der Waals surface area contributed by atoms with Crippen LogP contribution in [-0.2, 0) is 0 Å². The Bertz CT molecular complexity index is 4560. The van der Waals surface area contributed by atoms with Crippen molar-refractivity contribution in [3.8, 4) is 45.3 Å². The van der Waals surface area contributed by atoms with Crippen molar-refractivity contribution in [2.24, 2.45) is 0 Å². The van der Waals surface area contributed by atoms with Gasteiger partial charge in [0, 0.05) is 77.9 Å². The number of furan rings is 4. The summed E-state index contributed by atoms with van der Waals surface area (Å²) in [4.78, 5) is 4.59. The summed E-state index contributed by atoms with van der Waals surface area (Å²) in [5, 5.41) is 11.0. The standard InChI is InChI=1S/C74H46N2O4/c1-3-13-61(14-4-1)75(63-29-23-47(24-30-63)69-41-53-11-7-9-17-67(53)77-69)65-33-27-49-35-55(21-19-51(49)39-65)71-45-59-37-57-38-60-46-72(80-74(60)44-58(57)43-73(59)79-71)56-22-20-52-40-66(34-28-50(52)36-56)76(62-15-5-2-6-16-62)64-31-25-48(26-32-64)70-42-54-12-8-10-18-68(54)78-70/h1-46H. The van der Waals surface area contributed by atoms with E-state index in [0.29, 0.717) is 0 Å². The highest BCUT2D eigenvalue weighted by molar-refractivity contribution is 6.05. The zero-order chi connectivity index (χ0) is 52.7. The van der Waals surface area contributed by atoms with E-state index in [1.807, 2.05) is 36.4 Å². The van der Waals surface area contributed by atoms with Gasteiger partial charge in [-0.05, 0) is 202 Å². The zero-order valence-corrected chi connectivity index (χ0v) is 43.1. The first-order valence-electron chi connectivity index (χ1n) is 26.9. The van der Waals surface area contributed by atoms with Crippen LogP contribution in [0.3, 0.4) is 0 Å². The van der Waals surface area contributed by atoms with Crippen molar-refractivity contribution in [1.82, 2.24) is 0 Å². The SMILES string of the molecule is c1ccc(N(c2ccc(-c3cc4ccccc4o3)cc2)c2ccc3cc(-c4cc5cc6cc7cc(-c8ccc9cc(N(c%10ccccc%10)c%10ccc(-c%11cc%12ccccc%12o%11)cc%10)ccc9c8)oc7cc6cc5o4)ccc3c2)cc1. The molecule has 0 spiro atoms. The van der Waals surface area contributed by atoms with E-state index in [9.17, 15) is 0 Å². The van der Waals surface area contributed by atoms with Crippen LogP contribution in [0.5, 0.6) is 0 Å². The molecule has 0 saturated carbocycles. The second kappa shape index (κ2) is 18.4. The van der Waals surface area contributed by atoms with E-state index < -0.39 is 0 Å². The van der Waals surface area contributed by atoms with Gasteiger partial charge >= 0.3 is 0 Å². The molecule has 0 bridgehead atoms. The number of para-hydroxylation sites is 4. The van der Waals surface area contributed by atoms with Gasteiger partial charge in [-0.2, -0.15) is 0 Å². The van der Waals surface area contributed by atoms with Crippen LogP contribution in [0.2, 0.25) is 0 Å². The Balaban J connectivity index is 0.660. The largest absolute Gasteiger partial charge is 0.456 e. The summed E-state index contributed by atoms with van der Waals surface area (Å²) in [5.41, 5.74) is 14.0. The minimum atomic E-state index is 0.827. The van der Waals surface area contributed by atoms with Crippen molar-refractivity contribution in [2.75, 3.05) is 9.80 Å². The highest BCUT2D eigenvalue weighted by Gasteiger charge is 2.19. The van der Waals surface area contributed by atoms with Crippen molar-refractivity contribution in [1.29, 1.82) is 0 Å². The maximum absolute atomic E-state index is 6.63. The molecule has 4 aromatic heterocycles. The van der Waals surface area contributed by atoms with Gasteiger partial charge in [-0.1, -0.05) is 109 Å². The Morgan fingerprint density at radius 1 is 0.175 bits per heavy atom. The van der Waals surface area contributed by atoms with Crippen LogP contribution >= 0.6 is 0 Å². The molecule has 16 rings (SSSR count). The monoisotopic (exact) mass is 1030 g/mol. The smallest absolute Gasteiger partial charge is 0.135 e. The molecule has 0 fully saturated rings. The number of hydrogen-bond acceptors (Lipinski definition) is 6. The molecule has 0 aliphatic heterocycles. The van der Waals surface area contributed by atoms with E-state index in [4.69, 9.17) is 17.7 Å². The fraction of sp³-hybridized carbons (Fsp3) is 0. The Labute approximate surface area is 459 Å². The topological polar surface area (TPSA) is 59.0 Å². The number of fused-ring (bicyclic) bond motifs is 7. The van der Waals surface area contributed by atoms with Gasteiger partial charge in [-0.25, -0.2) is 0 Å². The first-order valence-corrected chi connectivity index (χ1v) is 26.9. The van der Waals surface area contributed by atoms with Crippen molar-refractivity contribution >= 4 is 110 Å². The van der Waals surface area contributed by atoms with E-state index in [1.165, 1.54) is 0 Å². The second-order valence-electron chi connectivity index (χ2n) is 20.6. The van der Waals surface area contributed by atoms with Crippen molar-refractivity contribution < 1.29 is 17.7 Å². The zero-order valence-electron chi connectivity index (χ0n) is 43.1. The normalized spacial score (nSPS) is 11.8. The van der Waals surface area contributed by atoms with E-state index in [1.54, 1.807) is 0 Å². The lowest BCUT2D eigenvalue weighted by Crippen LogP contribution is -2.09. The number of rotatable bonds is 10. The maximum atomic E-state index is 6.63. The van der Waals surface area contributed by atoms with Gasteiger partial charge in [-0.3, -0.25) is 0 Å². The first-order chi connectivity index (χ1) is 39.5. The van der Waals surface area contributed by atoms with E-state index in [-0.39, 0.29) is 0 Å². The van der Waals surface area contributed by atoms with Crippen LogP contribution < -0.4 is 9.80 Å². The third-order valence-electron chi connectivity index (χ3n) is 15.5. The molecule has 4 heterocycles. The second-order valence-corrected chi connectivity index (χ2v) is 20.6. The predicted octanol–water partition coefficient (Wildman–Crippen LogP) is 21.7. The molecule has 12 aromatic carbocycles. The van der Waals surface area contributed by atoms with Crippen LogP contribution in [0.25, 0.3) is 121 Å². The highest BCUT2D eigenvalue weighted by Crippen LogP contribution is 2.42. The fourth-order valence-corrected chi connectivity index (χ4v) is 11.5. The van der Waals surface area contributed by atoms with Crippen molar-refractivity contribution in [3.63, 3.8) is 0 Å². The van der Waals surface area contributed by atoms with Gasteiger partial charge in [-0.15, -0.1) is 0 Å². The molecule has 6 heteroatoms. The summed E-state index contributed by atoms with van der Waals surface area (Å²) < 4.78 is 25.6. The lowest BCUT2D eigenvalue weighted by molar-refractivity contribution is 0.631. The van der Waals surface area contributed by atoms with Gasteiger partial charge in [0.1, 0.15) is 45.4 Å². The Hall–Kier alpha value is -10.8. The van der Waals surface area contributed by atoms with Crippen LogP contribution in [0.15, 0.2) is 297 Å². The van der Waals surface area contributed by atoms with E-state index >= 15 is 0 Å². The maximum Gasteiger partial charge on any atom is 0.135 e. The summed E-state index contributed by atoms with van der Waals surface area (Å²) in [5.74, 6) is 3.36. The van der Waals surface area contributed by atoms with Crippen molar-refractivity contribution in [2.45, 2.75) is 0 Å². The predicted molar refractivity (Wildman–Crippen MR) is 329 cm³/mol. The van der Waals surface area contributed by atoms with Gasteiger partial charge in [0.05, 0.1) is 0 Å². The quantitative estimate of drug-likeness (QED) is 0.136. The molecule has 0 N–H and O–H groups in total. The molecule has 0 radical (unpaired) electrons. The van der Waals surface area contributed by atoms with Crippen LogP contribution in [0.1, 0.15) is 0 Å². The third kappa shape index (κ3) is 8.05. The molecule has 0 unspecified atom stereocenters. The molecule has 0 saturated heterocycles. The molecule has 16 aromatic rings. The molecule has 0 atom stereocenters. The van der Waals surface area contributed by atoms with Gasteiger partial charge in [0.15, 0.2) is 0 Å². The van der Waals surface area contributed by atoms with E-state index in [0.717, 1.165) is 156 Å². The number of benzene rings is 12. The molecular weight excluding hydrogens is 981 g/mol. The molecule has 80 heavy (non-hydrogen) atoms. The minimum Gasteiger partial charge on any atom is -0.456 e. The van der Waals surface area contributed by atoms with Crippen LogP contribution in [-0.4, -0.2) is 0 Å². The highest BCUT2D eigenvalue weighted by atomic mass is 16.3. The lowest BCUT2D eigenvalue weighted by Gasteiger charge is -2.26. The van der Waals surface area contributed by atoms with Crippen molar-refractivity contribution in [3.05, 3.63) is 279 Å². The molecule has 6 nitrogen and oxygen atoms in total. The number of anilines is 6. The van der Waals surface area contributed by atoms with E-state index in [2.05, 4.69) is 252 Å².